The van der Waals surface area contributed by atoms with Crippen LogP contribution in [-0.2, 0) is 20.2 Å². The smallest absolute Gasteiger partial charge is 0.242 e. The van der Waals surface area contributed by atoms with Crippen molar-refractivity contribution >= 4 is 21.6 Å². The van der Waals surface area contributed by atoms with E-state index in [1.807, 2.05) is 44.2 Å². The van der Waals surface area contributed by atoms with Crippen LogP contribution in [-0.4, -0.2) is 32.7 Å². The molecule has 0 radical (unpaired) electrons. The number of amides is 1. The SMILES string of the molecule is Cc1cc(S(=O)(=O)N(C)C)cc(NC(=O)C2(c3ccccc3)CC2)c1C. The van der Waals surface area contributed by atoms with E-state index < -0.39 is 15.4 Å². The Bertz CT molecular complexity index is 947. The minimum Gasteiger partial charge on any atom is -0.325 e. The van der Waals surface area contributed by atoms with E-state index in [0.29, 0.717) is 5.69 Å². The van der Waals surface area contributed by atoms with Crippen LogP contribution in [0.2, 0.25) is 0 Å². The van der Waals surface area contributed by atoms with Crippen molar-refractivity contribution in [3.63, 3.8) is 0 Å². The fraction of sp³-hybridized carbons (Fsp3) is 0.350. The zero-order valence-corrected chi connectivity index (χ0v) is 16.4. The Kier molecular flexibility index (Phi) is 4.67. The predicted octanol–water partition coefficient (Wildman–Crippen LogP) is 3.22. The summed E-state index contributed by atoms with van der Waals surface area (Å²) in [5.41, 5.74) is 2.76. The molecule has 2 aromatic rings. The average Bonchev–Trinajstić information content (AvgIpc) is 3.41. The summed E-state index contributed by atoms with van der Waals surface area (Å²) >= 11 is 0. The Hall–Kier alpha value is -2.18. The lowest BCUT2D eigenvalue weighted by Gasteiger charge is -2.19. The number of hydrogen-bond acceptors (Lipinski definition) is 3. The van der Waals surface area contributed by atoms with Gasteiger partial charge in [-0.25, -0.2) is 12.7 Å². The highest BCUT2D eigenvalue weighted by Crippen LogP contribution is 2.49. The van der Waals surface area contributed by atoms with Crippen molar-refractivity contribution in [2.45, 2.75) is 37.0 Å². The van der Waals surface area contributed by atoms with Crippen molar-refractivity contribution in [2.24, 2.45) is 0 Å². The van der Waals surface area contributed by atoms with Crippen molar-refractivity contribution in [1.29, 1.82) is 0 Å². The van der Waals surface area contributed by atoms with Gasteiger partial charge in [-0.15, -0.1) is 0 Å². The molecular formula is C20H24N2O3S. The van der Waals surface area contributed by atoms with Gasteiger partial charge < -0.3 is 5.32 Å². The third-order valence-electron chi connectivity index (χ3n) is 5.18. The summed E-state index contributed by atoms with van der Waals surface area (Å²) in [4.78, 5) is 13.2. The number of carbonyl (C=O) groups is 1. The Balaban J connectivity index is 1.96. The summed E-state index contributed by atoms with van der Waals surface area (Å²) in [6.45, 7) is 3.74. The van der Waals surface area contributed by atoms with E-state index in [4.69, 9.17) is 0 Å². The minimum absolute atomic E-state index is 0.0781. The van der Waals surface area contributed by atoms with Gasteiger partial charge in [-0.2, -0.15) is 0 Å². The first-order valence-electron chi connectivity index (χ1n) is 8.59. The van der Waals surface area contributed by atoms with Gasteiger partial charge in [0, 0.05) is 19.8 Å². The average molecular weight is 372 g/mol. The molecule has 6 heteroatoms. The maximum atomic E-state index is 13.0. The highest BCUT2D eigenvalue weighted by atomic mass is 32.2. The zero-order chi connectivity index (χ0) is 19.1. The Labute approximate surface area is 155 Å². The van der Waals surface area contributed by atoms with Gasteiger partial charge in [0.15, 0.2) is 0 Å². The number of benzene rings is 2. The molecule has 1 aliphatic rings. The van der Waals surface area contributed by atoms with E-state index in [1.54, 1.807) is 12.1 Å². The van der Waals surface area contributed by atoms with Gasteiger partial charge in [-0.1, -0.05) is 30.3 Å². The highest BCUT2D eigenvalue weighted by molar-refractivity contribution is 7.89. The summed E-state index contributed by atoms with van der Waals surface area (Å²) in [6, 6.07) is 12.9. The van der Waals surface area contributed by atoms with Crippen LogP contribution in [0.4, 0.5) is 5.69 Å². The second-order valence-electron chi connectivity index (χ2n) is 7.10. The van der Waals surface area contributed by atoms with Gasteiger partial charge in [0.1, 0.15) is 0 Å². The Morgan fingerprint density at radius 1 is 1.08 bits per heavy atom. The van der Waals surface area contributed by atoms with Crippen molar-refractivity contribution < 1.29 is 13.2 Å². The number of anilines is 1. The number of rotatable bonds is 5. The van der Waals surface area contributed by atoms with Crippen LogP contribution in [0.15, 0.2) is 47.4 Å². The molecule has 0 aliphatic heterocycles. The van der Waals surface area contributed by atoms with Gasteiger partial charge >= 0.3 is 0 Å². The highest BCUT2D eigenvalue weighted by Gasteiger charge is 2.51. The van der Waals surface area contributed by atoms with E-state index in [9.17, 15) is 13.2 Å². The first-order chi connectivity index (χ1) is 12.2. The predicted molar refractivity (Wildman–Crippen MR) is 103 cm³/mol. The maximum absolute atomic E-state index is 13.0. The molecule has 1 aliphatic carbocycles. The Morgan fingerprint density at radius 3 is 2.23 bits per heavy atom. The molecule has 0 bridgehead atoms. The van der Waals surface area contributed by atoms with Gasteiger partial charge in [0.2, 0.25) is 15.9 Å². The number of sulfonamides is 1. The molecule has 2 aromatic carbocycles. The molecule has 0 saturated heterocycles. The summed E-state index contributed by atoms with van der Waals surface area (Å²) in [6.07, 6.45) is 1.60. The fourth-order valence-electron chi connectivity index (χ4n) is 3.09. The molecule has 138 valence electrons. The molecule has 1 fully saturated rings. The summed E-state index contributed by atoms with van der Waals surface area (Å²) in [7, 11) is -0.570. The molecule has 3 rings (SSSR count). The van der Waals surface area contributed by atoms with Crippen LogP contribution in [0.3, 0.4) is 0 Å². The van der Waals surface area contributed by atoms with Crippen molar-refractivity contribution in [3.05, 3.63) is 59.2 Å². The summed E-state index contributed by atoms with van der Waals surface area (Å²) < 4.78 is 26.1. The van der Waals surface area contributed by atoms with Crippen molar-refractivity contribution in [1.82, 2.24) is 4.31 Å². The van der Waals surface area contributed by atoms with Gasteiger partial charge in [0.25, 0.3) is 0 Å². The first-order valence-corrected chi connectivity index (χ1v) is 10.0. The number of carbonyl (C=O) groups excluding carboxylic acids is 1. The lowest BCUT2D eigenvalue weighted by Crippen LogP contribution is -2.28. The van der Waals surface area contributed by atoms with E-state index in [2.05, 4.69) is 5.32 Å². The van der Waals surface area contributed by atoms with Crippen LogP contribution in [0, 0.1) is 13.8 Å². The molecule has 0 spiro atoms. The molecule has 0 aromatic heterocycles. The summed E-state index contributed by atoms with van der Waals surface area (Å²) in [5, 5.41) is 2.98. The number of nitrogens with zero attached hydrogens (tertiary/aromatic N) is 1. The van der Waals surface area contributed by atoms with Crippen LogP contribution in [0.25, 0.3) is 0 Å². The van der Waals surface area contributed by atoms with Crippen molar-refractivity contribution in [2.75, 3.05) is 19.4 Å². The van der Waals surface area contributed by atoms with E-state index in [1.165, 1.54) is 18.4 Å². The quantitative estimate of drug-likeness (QED) is 0.876. The molecule has 0 heterocycles. The van der Waals surface area contributed by atoms with Crippen LogP contribution in [0.1, 0.15) is 29.5 Å². The maximum Gasteiger partial charge on any atom is 0.242 e. The minimum atomic E-state index is -3.56. The van der Waals surface area contributed by atoms with Crippen LogP contribution < -0.4 is 5.32 Å². The first kappa shape index (κ1) is 18.6. The number of hydrogen-bond donors (Lipinski definition) is 1. The standard InChI is InChI=1S/C20H24N2O3S/c1-14-12-17(26(24,25)22(3)4)13-18(15(14)2)21-19(23)20(10-11-20)16-8-6-5-7-9-16/h5-9,12-13H,10-11H2,1-4H3,(H,21,23). The summed E-state index contributed by atoms with van der Waals surface area (Å²) in [5.74, 6) is -0.0781. The van der Waals surface area contributed by atoms with E-state index >= 15 is 0 Å². The molecule has 1 N–H and O–H groups in total. The van der Waals surface area contributed by atoms with Crippen LogP contribution >= 0.6 is 0 Å². The lowest BCUT2D eigenvalue weighted by molar-refractivity contribution is -0.118. The van der Waals surface area contributed by atoms with Gasteiger partial charge in [0.05, 0.1) is 10.3 Å². The number of aryl methyl sites for hydroxylation is 1. The second kappa shape index (κ2) is 6.52. The van der Waals surface area contributed by atoms with Gasteiger partial charge in [-0.3, -0.25) is 4.79 Å². The lowest BCUT2D eigenvalue weighted by atomic mass is 9.94. The third-order valence-corrected chi connectivity index (χ3v) is 6.97. The molecule has 1 amide bonds. The topological polar surface area (TPSA) is 66.5 Å². The zero-order valence-electron chi connectivity index (χ0n) is 15.5. The monoisotopic (exact) mass is 372 g/mol. The Morgan fingerprint density at radius 2 is 1.69 bits per heavy atom. The third kappa shape index (κ3) is 3.15. The second-order valence-corrected chi connectivity index (χ2v) is 9.25. The molecule has 5 nitrogen and oxygen atoms in total. The molecular weight excluding hydrogens is 348 g/mol. The van der Waals surface area contributed by atoms with E-state index in [-0.39, 0.29) is 10.8 Å². The van der Waals surface area contributed by atoms with Crippen molar-refractivity contribution in [3.8, 4) is 0 Å². The molecule has 26 heavy (non-hydrogen) atoms. The van der Waals surface area contributed by atoms with Crippen LogP contribution in [0.5, 0.6) is 0 Å². The van der Waals surface area contributed by atoms with E-state index in [0.717, 1.165) is 29.5 Å². The normalized spacial score (nSPS) is 15.7. The molecule has 0 unspecified atom stereocenters. The fourth-order valence-corrected chi connectivity index (χ4v) is 4.10. The van der Waals surface area contributed by atoms with Gasteiger partial charge in [-0.05, 0) is 55.5 Å². The molecule has 0 atom stereocenters. The number of nitrogens with one attached hydrogen (secondary N) is 1. The largest absolute Gasteiger partial charge is 0.325 e. The molecule has 1 saturated carbocycles.